The lowest BCUT2D eigenvalue weighted by Crippen LogP contribution is -2.13. The lowest BCUT2D eigenvalue weighted by Gasteiger charge is -2.11. The highest BCUT2D eigenvalue weighted by Gasteiger charge is 2.05. The first-order valence-electron chi connectivity index (χ1n) is 7.33. The second-order valence-electron chi connectivity index (χ2n) is 5.04. The highest BCUT2D eigenvalue weighted by molar-refractivity contribution is 5.40. The Morgan fingerprint density at radius 3 is 2.67 bits per heavy atom. The Morgan fingerprint density at radius 1 is 1.10 bits per heavy atom. The minimum atomic E-state index is 0.770. The standard InChI is InChI=1S/C17H24N2O2/c1-4-8-19-9-7-14(13-19)11-18-12-15-5-6-16(20-2)10-17(15)21-3/h5-7,9-10,13,18H,4,8,11-12H2,1-3H3. The SMILES string of the molecule is CCCn1ccc(CNCc2ccc(OC)cc2OC)c1. The molecule has 1 aromatic heterocycles. The van der Waals surface area contributed by atoms with E-state index in [-0.39, 0.29) is 0 Å². The Bertz CT molecular complexity index is 564. The minimum Gasteiger partial charge on any atom is -0.497 e. The van der Waals surface area contributed by atoms with E-state index in [1.165, 1.54) is 5.56 Å². The van der Waals surface area contributed by atoms with E-state index in [9.17, 15) is 0 Å². The fraction of sp³-hybridized carbons (Fsp3) is 0.412. The summed E-state index contributed by atoms with van der Waals surface area (Å²) in [4.78, 5) is 0. The molecule has 0 aliphatic carbocycles. The summed E-state index contributed by atoms with van der Waals surface area (Å²) in [7, 11) is 3.34. The Kier molecular flexibility index (Phi) is 5.69. The summed E-state index contributed by atoms with van der Waals surface area (Å²) >= 11 is 0. The molecule has 114 valence electrons. The highest BCUT2D eigenvalue weighted by Crippen LogP contribution is 2.24. The smallest absolute Gasteiger partial charge is 0.127 e. The molecule has 0 aliphatic rings. The number of hydrogen-bond donors (Lipinski definition) is 1. The van der Waals surface area contributed by atoms with Gasteiger partial charge in [0, 0.05) is 43.7 Å². The Labute approximate surface area is 126 Å². The molecule has 0 atom stereocenters. The monoisotopic (exact) mass is 288 g/mol. The van der Waals surface area contributed by atoms with Gasteiger partial charge in [-0.3, -0.25) is 0 Å². The molecule has 0 bridgehead atoms. The molecule has 0 amide bonds. The molecule has 0 saturated heterocycles. The van der Waals surface area contributed by atoms with Crippen molar-refractivity contribution in [3.05, 3.63) is 47.8 Å². The molecule has 1 N–H and O–H groups in total. The van der Waals surface area contributed by atoms with Crippen LogP contribution in [0.2, 0.25) is 0 Å². The molecule has 0 saturated carbocycles. The van der Waals surface area contributed by atoms with Crippen molar-refractivity contribution in [3.63, 3.8) is 0 Å². The molecule has 2 rings (SSSR count). The molecule has 0 aliphatic heterocycles. The van der Waals surface area contributed by atoms with Crippen molar-refractivity contribution in [2.45, 2.75) is 33.0 Å². The zero-order chi connectivity index (χ0) is 15.1. The van der Waals surface area contributed by atoms with Crippen molar-refractivity contribution in [3.8, 4) is 11.5 Å². The van der Waals surface area contributed by atoms with Crippen LogP contribution >= 0.6 is 0 Å². The van der Waals surface area contributed by atoms with Crippen LogP contribution in [0, 0.1) is 0 Å². The maximum Gasteiger partial charge on any atom is 0.127 e. The van der Waals surface area contributed by atoms with Crippen LogP contribution in [0.1, 0.15) is 24.5 Å². The maximum atomic E-state index is 5.40. The Morgan fingerprint density at radius 2 is 1.95 bits per heavy atom. The molecule has 0 radical (unpaired) electrons. The summed E-state index contributed by atoms with van der Waals surface area (Å²) in [5.74, 6) is 1.66. The normalized spacial score (nSPS) is 10.6. The molecule has 21 heavy (non-hydrogen) atoms. The van der Waals surface area contributed by atoms with Crippen LogP contribution in [0.5, 0.6) is 11.5 Å². The lowest BCUT2D eigenvalue weighted by molar-refractivity contribution is 0.390. The average molecular weight is 288 g/mol. The van der Waals surface area contributed by atoms with Crippen molar-refractivity contribution in [2.75, 3.05) is 14.2 Å². The first-order valence-corrected chi connectivity index (χ1v) is 7.33. The third-order valence-corrected chi connectivity index (χ3v) is 3.43. The van der Waals surface area contributed by atoms with Gasteiger partial charge >= 0.3 is 0 Å². The number of nitrogens with zero attached hydrogens (tertiary/aromatic N) is 1. The van der Waals surface area contributed by atoms with Gasteiger partial charge in [-0.15, -0.1) is 0 Å². The first kappa shape index (κ1) is 15.4. The third kappa shape index (κ3) is 4.26. The van der Waals surface area contributed by atoms with E-state index in [4.69, 9.17) is 9.47 Å². The van der Waals surface area contributed by atoms with Gasteiger partial charge in [-0.2, -0.15) is 0 Å². The molecule has 4 nitrogen and oxygen atoms in total. The van der Waals surface area contributed by atoms with Gasteiger partial charge in [-0.25, -0.2) is 0 Å². The van der Waals surface area contributed by atoms with Crippen molar-refractivity contribution in [2.24, 2.45) is 0 Å². The van der Waals surface area contributed by atoms with Crippen molar-refractivity contribution < 1.29 is 9.47 Å². The van der Waals surface area contributed by atoms with E-state index in [2.05, 4.69) is 35.3 Å². The summed E-state index contributed by atoms with van der Waals surface area (Å²) < 4.78 is 12.8. The quantitative estimate of drug-likeness (QED) is 0.810. The number of rotatable bonds is 8. The number of nitrogens with one attached hydrogen (secondary N) is 1. The molecule has 4 heteroatoms. The zero-order valence-corrected chi connectivity index (χ0v) is 13.1. The summed E-state index contributed by atoms with van der Waals surface area (Å²) in [6.07, 6.45) is 5.49. The average Bonchev–Trinajstić information content (AvgIpc) is 2.95. The highest BCUT2D eigenvalue weighted by atomic mass is 16.5. The fourth-order valence-electron chi connectivity index (χ4n) is 2.33. The number of ether oxygens (including phenoxy) is 2. The predicted octanol–water partition coefficient (Wildman–Crippen LogP) is 3.21. The molecule has 0 fully saturated rings. The molecule has 0 spiro atoms. The molecule has 0 unspecified atom stereocenters. The molecular weight excluding hydrogens is 264 g/mol. The van der Waals surface area contributed by atoms with Gasteiger partial charge in [0.25, 0.3) is 0 Å². The molecule has 1 aromatic carbocycles. The summed E-state index contributed by atoms with van der Waals surface area (Å²) in [5.41, 5.74) is 2.43. The number of hydrogen-bond acceptors (Lipinski definition) is 3. The second-order valence-corrected chi connectivity index (χ2v) is 5.04. The second kappa shape index (κ2) is 7.74. The van der Waals surface area contributed by atoms with Crippen LogP contribution in [-0.4, -0.2) is 18.8 Å². The summed E-state index contributed by atoms with van der Waals surface area (Å²) in [6.45, 7) is 4.89. The van der Waals surface area contributed by atoms with Crippen LogP contribution in [0.3, 0.4) is 0 Å². The zero-order valence-electron chi connectivity index (χ0n) is 13.1. The van der Waals surface area contributed by atoms with E-state index in [1.807, 2.05) is 18.2 Å². The van der Waals surface area contributed by atoms with Crippen LogP contribution in [-0.2, 0) is 19.6 Å². The molecule has 2 aromatic rings. The lowest BCUT2D eigenvalue weighted by atomic mass is 10.2. The summed E-state index contributed by atoms with van der Waals surface area (Å²) in [5, 5.41) is 3.45. The summed E-state index contributed by atoms with van der Waals surface area (Å²) in [6, 6.07) is 8.06. The van der Waals surface area contributed by atoms with E-state index in [1.54, 1.807) is 14.2 Å². The third-order valence-electron chi connectivity index (χ3n) is 3.43. The largest absolute Gasteiger partial charge is 0.497 e. The van der Waals surface area contributed by atoms with Crippen LogP contribution in [0.15, 0.2) is 36.7 Å². The van der Waals surface area contributed by atoms with Gasteiger partial charge in [-0.05, 0) is 24.1 Å². The van der Waals surface area contributed by atoms with Gasteiger partial charge in [-0.1, -0.05) is 13.0 Å². The molecular formula is C17H24N2O2. The van der Waals surface area contributed by atoms with Crippen molar-refractivity contribution >= 4 is 0 Å². The fourth-order valence-corrected chi connectivity index (χ4v) is 2.33. The van der Waals surface area contributed by atoms with E-state index < -0.39 is 0 Å². The van der Waals surface area contributed by atoms with E-state index >= 15 is 0 Å². The van der Waals surface area contributed by atoms with E-state index in [0.29, 0.717) is 0 Å². The first-order chi connectivity index (χ1) is 10.3. The predicted molar refractivity (Wildman–Crippen MR) is 84.8 cm³/mol. The van der Waals surface area contributed by atoms with Crippen LogP contribution in [0.25, 0.3) is 0 Å². The van der Waals surface area contributed by atoms with Crippen molar-refractivity contribution in [1.29, 1.82) is 0 Å². The Hall–Kier alpha value is -1.94. The van der Waals surface area contributed by atoms with Gasteiger partial charge in [0.05, 0.1) is 14.2 Å². The molecule has 1 heterocycles. The number of aromatic nitrogens is 1. The minimum absolute atomic E-state index is 0.770. The van der Waals surface area contributed by atoms with Crippen molar-refractivity contribution in [1.82, 2.24) is 9.88 Å². The number of benzene rings is 1. The van der Waals surface area contributed by atoms with E-state index in [0.717, 1.165) is 43.1 Å². The Balaban J connectivity index is 1.90. The number of methoxy groups -OCH3 is 2. The van der Waals surface area contributed by atoms with Gasteiger partial charge < -0.3 is 19.4 Å². The van der Waals surface area contributed by atoms with Gasteiger partial charge in [0.2, 0.25) is 0 Å². The van der Waals surface area contributed by atoms with Crippen LogP contribution < -0.4 is 14.8 Å². The topological polar surface area (TPSA) is 35.4 Å². The number of aryl methyl sites for hydroxylation is 1. The van der Waals surface area contributed by atoms with Gasteiger partial charge in [0.15, 0.2) is 0 Å². The van der Waals surface area contributed by atoms with Crippen LogP contribution in [0.4, 0.5) is 0 Å². The van der Waals surface area contributed by atoms with Gasteiger partial charge in [0.1, 0.15) is 11.5 Å². The maximum absolute atomic E-state index is 5.40.